The molecule has 0 bridgehead atoms. The van der Waals surface area contributed by atoms with Crippen LogP contribution in [0.15, 0.2) is 48.5 Å². The molecule has 1 aliphatic carbocycles. The second-order valence-corrected chi connectivity index (χ2v) is 6.99. The zero-order valence-corrected chi connectivity index (χ0v) is 16.8. The van der Waals surface area contributed by atoms with Crippen LogP contribution in [0.4, 0.5) is 4.79 Å². The van der Waals surface area contributed by atoms with Crippen LogP contribution < -0.4 is 0 Å². The van der Waals surface area contributed by atoms with E-state index in [1.54, 1.807) is 7.05 Å². The molecule has 2 aromatic carbocycles. The van der Waals surface area contributed by atoms with E-state index in [0.717, 1.165) is 11.1 Å². The minimum absolute atomic E-state index is 0.00377. The highest BCUT2D eigenvalue weighted by Crippen LogP contribution is 2.44. The fourth-order valence-corrected chi connectivity index (χ4v) is 4.23. The summed E-state index contributed by atoms with van der Waals surface area (Å²) < 4.78 is 10.7. The van der Waals surface area contributed by atoms with Crippen molar-refractivity contribution >= 4 is 34.7 Å². The normalized spacial score (nSPS) is 13.5. The zero-order valence-electron chi connectivity index (χ0n) is 14.6. The molecule has 1 atom stereocenters. The average molecular weight is 465 g/mol. The van der Waals surface area contributed by atoms with E-state index >= 15 is 0 Å². The molecule has 0 aromatic heterocycles. The van der Waals surface area contributed by atoms with E-state index in [-0.39, 0.29) is 12.5 Å². The maximum Gasteiger partial charge on any atom is 0.410 e. The van der Waals surface area contributed by atoms with Gasteiger partial charge < -0.3 is 9.47 Å². The van der Waals surface area contributed by atoms with Crippen LogP contribution in [0.25, 0.3) is 11.1 Å². The first-order chi connectivity index (χ1) is 12.6. The SMILES string of the molecule is COC(=O)[C@H](CI)N(C)C(=O)OCC1c2ccccc2-c2ccccc21. The highest BCUT2D eigenvalue weighted by molar-refractivity contribution is 14.1. The third kappa shape index (κ3) is 3.42. The minimum atomic E-state index is -0.656. The standard InChI is InChI=1S/C20H20INO4/c1-22(18(11-21)19(23)25-2)20(24)26-12-17-15-9-5-3-7-13(15)14-8-4-6-10-16(14)17/h3-10,17-18H,11-12H2,1-2H3/t18-/m0/s1. The number of hydrogen-bond donors (Lipinski definition) is 0. The number of ether oxygens (including phenoxy) is 2. The molecule has 2 aromatic rings. The van der Waals surface area contributed by atoms with Crippen LogP contribution in [0.2, 0.25) is 0 Å². The van der Waals surface area contributed by atoms with Crippen molar-refractivity contribution in [3.63, 3.8) is 0 Å². The van der Waals surface area contributed by atoms with Gasteiger partial charge in [-0.05, 0) is 22.3 Å². The lowest BCUT2D eigenvalue weighted by molar-refractivity contribution is -0.145. The van der Waals surface area contributed by atoms with E-state index in [1.165, 1.54) is 23.1 Å². The number of halogens is 1. The van der Waals surface area contributed by atoms with Gasteiger partial charge in [0.15, 0.2) is 0 Å². The van der Waals surface area contributed by atoms with Crippen LogP contribution in [0, 0.1) is 0 Å². The fraction of sp³-hybridized carbons (Fsp3) is 0.300. The Balaban J connectivity index is 1.76. The number of nitrogens with zero attached hydrogens (tertiary/aromatic N) is 1. The Bertz CT molecular complexity index is 777. The van der Waals surface area contributed by atoms with Gasteiger partial charge in [0.1, 0.15) is 12.6 Å². The molecule has 0 fully saturated rings. The highest BCUT2D eigenvalue weighted by atomic mass is 127. The molecule has 1 aliphatic rings. The molecule has 5 nitrogen and oxygen atoms in total. The second-order valence-electron chi connectivity index (χ2n) is 6.11. The van der Waals surface area contributed by atoms with Crippen LogP contribution >= 0.6 is 22.6 Å². The predicted octanol–water partition coefficient (Wildman–Crippen LogP) is 3.84. The van der Waals surface area contributed by atoms with Crippen molar-refractivity contribution in [1.29, 1.82) is 0 Å². The Morgan fingerprint density at radius 1 is 1.08 bits per heavy atom. The molecule has 0 N–H and O–H groups in total. The van der Waals surface area contributed by atoms with Crippen molar-refractivity contribution in [2.24, 2.45) is 0 Å². The van der Waals surface area contributed by atoms with Gasteiger partial charge in [0.2, 0.25) is 0 Å². The fourth-order valence-electron chi connectivity index (χ4n) is 3.28. The number of fused-ring (bicyclic) bond motifs is 3. The van der Waals surface area contributed by atoms with Gasteiger partial charge in [0, 0.05) is 17.4 Å². The number of esters is 1. The van der Waals surface area contributed by atoms with Gasteiger partial charge in [-0.2, -0.15) is 0 Å². The third-order valence-electron chi connectivity index (χ3n) is 4.71. The van der Waals surface area contributed by atoms with Gasteiger partial charge in [-0.1, -0.05) is 71.1 Å². The van der Waals surface area contributed by atoms with E-state index in [1.807, 2.05) is 24.3 Å². The molecule has 0 heterocycles. The Kier molecular flexibility index (Phi) is 5.80. The molecule has 1 amide bonds. The summed E-state index contributed by atoms with van der Waals surface area (Å²) >= 11 is 2.05. The largest absolute Gasteiger partial charge is 0.467 e. The number of rotatable bonds is 5. The zero-order chi connectivity index (χ0) is 18.7. The Morgan fingerprint density at radius 2 is 1.62 bits per heavy atom. The lowest BCUT2D eigenvalue weighted by Crippen LogP contribution is -2.44. The maximum absolute atomic E-state index is 12.4. The molecular formula is C20H20INO4. The molecule has 0 saturated heterocycles. The summed E-state index contributed by atoms with van der Waals surface area (Å²) in [6, 6.07) is 15.7. The molecule has 3 rings (SSSR count). The van der Waals surface area contributed by atoms with Gasteiger partial charge in [0.25, 0.3) is 0 Å². The lowest BCUT2D eigenvalue weighted by atomic mass is 9.98. The smallest absolute Gasteiger partial charge is 0.410 e. The quantitative estimate of drug-likeness (QED) is 0.383. The molecule has 0 spiro atoms. The van der Waals surface area contributed by atoms with Gasteiger partial charge in [-0.15, -0.1) is 0 Å². The van der Waals surface area contributed by atoms with Gasteiger partial charge in [0.05, 0.1) is 7.11 Å². The lowest BCUT2D eigenvalue weighted by Gasteiger charge is -2.24. The van der Waals surface area contributed by atoms with E-state index in [0.29, 0.717) is 4.43 Å². The Labute approximate surface area is 166 Å². The number of hydrogen-bond acceptors (Lipinski definition) is 4. The molecule has 6 heteroatoms. The Morgan fingerprint density at radius 3 is 2.12 bits per heavy atom. The molecule has 0 radical (unpaired) electrons. The van der Waals surface area contributed by atoms with Crippen molar-refractivity contribution in [2.45, 2.75) is 12.0 Å². The van der Waals surface area contributed by atoms with Crippen molar-refractivity contribution in [2.75, 3.05) is 25.2 Å². The first kappa shape index (κ1) is 18.7. The van der Waals surface area contributed by atoms with Crippen LogP contribution in [0.5, 0.6) is 0 Å². The Hall–Kier alpha value is -2.09. The second kappa shape index (κ2) is 8.07. The summed E-state index contributed by atoms with van der Waals surface area (Å²) in [4.78, 5) is 25.5. The monoisotopic (exact) mass is 465 g/mol. The van der Waals surface area contributed by atoms with E-state index < -0.39 is 18.1 Å². The third-order valence-corrected chi connectivity index (χ3v) is 5.55. The summed E-state index contributed by atoms with van der Waals surface area (Å²) in [5, 5.41) is 0. The van der Waals surface area contributed by atoms with Crippen LogP contribution in [-0.2, 0) is 14.3 Å². The van der Waals surface area contributed by atoms with Gasteiger partial charge in [-0.25, -0.2) is 9.59 Å². The first-order valence-corrected chi connectivity index (χ1v) is 9.82. The van der Waals surface area contributed by atoms with Gasteiger partial charge >= 0.3 is 12.1 Å². The van der Waals surface area contributed by atoms with E-state index in [2.05, 4.69) is 46.9 Å². The number of methoxy groups -OCH3 is 1. The average Bonchev–Trinajstić information content (AvgIpc) is 3.00. The van der Waals surface area contributed by atoms with Crippen LogP contribution in [0.3, 0.4) is 0 Å². The molecular weight excluding hydrogens is 445 g/mol. The number of carbonyl (C=O) groups is 2. The van der Waals surface area contributed by atoms with Crippen molar-refractivity contribution in [3.8, 4) is 11.1 Å². The van der Waals surface area contributed by atoms with Gasteiger partial charge in [-0.3, -0.25) is 4.90 Å². The first-order valence-electron chi connectivity index (χ1n) is 8.30. The topological polar surface area (TPSA) is 55.8 Å². The summed E-state index contributed by atoms with van der Waals surface area (Å²) in [6.45, 7) is 0.229. The molecule has 26 heavy (non-hydrogen) atoms. The molecule has 0 unspecified atom stereocenters. The summed E-state index contributed by atoms with van der Waals surface area (Å²) in [5.41, 5.74) is 4.67. The highest BCUT2D eigenvalue weighted by Gasteiger charge is 2.31. The van der Waals surface area contributed by atoms with Crippen molar-refractivity contribution in [3.05, 3.63) is 59.7 Å². The summed E-state index contributed by atoms with van der Waals surface area (Å²) in [6.07, 6.45) is -0.529. The predicted molar refractivity (Wildman–Crippen MR) is 108 cm³/mol. The number of benzene rings is 2. The summed E-state index contributed by atoms with van der Waals surface area (Å²) in [5.74, 6) is -0.452. The van der Waals surface area contributed by atoms with Crippen molar-refractivity contribution in [1.82, 2.24) is 4.90 Å². The number of carbonyl (C=O) groups excluding carboxylic acids is 2. The van der Waals surface area contributed by atoms with E-state index in [9.17, 15) is 9.59 Å². The van der Waals surface area contributed by atoms with Crippen molar-refractivity contribution < 1.29 is 19.1 Å². The van der Waals surface area contributed by atoms with Crippen LogP contribution in [-0.4, -0.2) is 48.2 Å². The van der Waals surface area contributed by atoms with E-state index in [4.69, 9.17) is 9.47 Å². The molecule has 136 valence electrons. The minimum Gasteiger partial charge on any atom is -0.467 e. The maximum atomic E-state index is 12.4. The van der Waals surface area contributed by atoms with Crippen LogP contribution in [0.1, 0.15) is 17.0 Å². The number of likely N-dealkylation sites (N-methyl/N-ethyl adjacent to an activating group) is 1. The number of amides is 1. The summed E-state index contributed by atoms with van der Waals surface area (Å²) in [7, 11) is 2.87. The number of alkyl halides is 1. The molecule has 0 saturated carbocycles. The molecule has 0 aliphatic heterocycles.